The molecule has 0 unspecified atom stereocenters. The minimum atomic E-state index is 0.827. The van der Waals surface area contributed by atoms with Crippen molar-refractivity contribution in [2.75, 3.05) is 5.32 Å². The normalized spacial score (nSPS) is 10.2. The van der Waals surface area contributed by atoms with Crippen LogP contribution in [0.15, 0.2) is 29.0 Å². The molecule has 4 heteroatoms. The van der Waals surface area contributed by atoms with Gasteiger partial charge in [0.2, 0.25) is 0 Å². The average molecular weight is 230 g/mol. The van der Waals surface area contributed by atoms with Gasteiger partial charge in [-0.05, 0) is 17.5 Å². The van der Waals surface area contributed by atoms with Crippen LogP contribution in [0, 0.1) is 0 Å². The Balaban J connectivity index is 1.93. The van der Waals surface area contributed by atoms with Gasteiger partial charge >= 0.3 is 0 Å². The molecule has 0 aliphatic carbocycles. The first kappa shape index (κ1) is 9.06. The SMILES string of the molecule is Clc1cc(NCc2cccs2)cs1. The second-order valence-electron chi connectivity index (χ2n) is 2.57. The van der Waals surface area contributed by atoms with Crippen LogP contribution < -0.4 is 5.32 Å². The molecule has 1 N–H and O–H groups in total. The third-order valence-electron chi connectivity index (χ3n) is 1.61. The lowest BCUT2D eigenvalue weighted by Gasteiger charge is -1.99. The van der Waals surface area contributed by atoms with Gasteiger partial charge in [0.1, 0.15) is 0 Å². The highest BCUT2D eigenvalue weighted by Gasteiger charge is 1.97. The molecule has 0 fully saturated rings. The summed E-state index contributed by atoms with van der Waals surface area (Å²) >= 11 is 9.11. The summed E-state index contributed by atoms with van der Waals surface area (Å²) in [6.07, 6.45) is 0. The van der Waals surface area contributed by atoms with Crippen molar-refractivity contribution >= 4 is 40.0 Å². The summed E-state index contributed by atoms with van der Waals surface area (Å²) in [6.45, 7) is 0.880. The van der Waals surface area contributed by atoms with Crippen molar-refractivity contribution in [1.29, 1.82) is 0 Å². The highest BCUT2D eigenvalue weighted by molar-refractivity contribution is 7.14. The van der Waals surface area contributed by atoms with Crippen molar-refractivity contribution in [1.82, 2.24) is 0 Å². The van der Waals surface area contributed by atoms with E-state index in [1.807, 2.05) is 11.4 Å². The van der Waals surface area contributed by atoms with E-state index in [2.05, 4.69) is 22.8 Å². The van der Waals surface area contributed by atoms with Crippen LogP contribution in [0.1, 0.15) is 4.88 Å². The highest BCUT2D eigenvalue weighted by Crippen LogP contribution is 2.24. The molecule has 2 rings (SSSR count). The fourth-order valence-electron chi connectivity index (χ4n) is 1.01. The number of thiophene rings is 2. The molecule has 0 spiro atoms. The van der Waals surface area contributed by atoms with Gasteiger partial charge in [0, 0.05) is 22.5 Å². The number of anilines is 1. The Morgan fingerprint density at radius 3 is 2.92 bits per heavy atom. The molecule has 0 amide bonds. The van der Waals surface area contributed by atoms with E-state index in [9.17, 15) is 0 Å². The molecule has 0 aliphatic heterocycles. The lowest BCUT2D eigenvalue weighted by molar-refractivity contribution is 1.20. The van der Waals surface area contributed by atoms with E-state index in [-0.39, 0.29) is 0 Å². The number of rotatable bonds is 3. The molecule has 2 heterocycles. The van der Waals surface area contributed by atoms with E-state index in [0.717, 1.165) is 16.6 Å². The van der Waals surface area contributed by atoms with Crippen LogP contribution in [0.5, 0.6) is 0 Å². The minimum Gasteiger partial charge on any atom is -0.379 e. The molecule has 0 atom stereocenters. The lowest BCUT2D eigenvalue weighted by Crippen LogP contribution is -1.94. The second-order valence-corrected chi connectivity index (χ2v) is 5.15. The van der Waals surface area contributed by atoms with Crippen molar-refractivity contribution < 1.29 is 0 Å². The fraction of sp³-hybridized carbons (Fsp3) is 0.111. The zero-order valence-electron chi connectivity index (χ0n) is 6.79. The van der Waals surface area contributed by atoms with Crippen LogP contribution in [0.25, 0.3) is 0 Å². The number of hydrogen-bond donors (Lipinski definition) is 1. The Labute approximate surface area is 90.0 Å². The van der Waals surface area contributed by atoms with Crippen molar-refractivity contribution in [3.8, 4) is 0 Å². The maximum atomic E-state index is 5.80. The van der Waals surface area contributed by atoms with Crippen LogP contribution in [0.2, 0.25) is 4.34 Å². The Kier molecular flexibility index (Phi) is 2.88. The van der Waals surface area contributed by atoms with Crippen molar-refractivity contribution in [2.45, 2.75) is 6.54 Å². The van der Waals surface area contributed by atoms with Crippen LogP contribution in [-0.2, 0) is 6.54 Å². The zero-order valence-corrected chi connectivity index (χ0v) is 9.18. The van der Waals surface area contributed by atoms with Gasteiger partial charge in [-0.25, -0.2) is 0 Å². The number of hydrogen-bond acceptors (Lipinski definition) is 3. The number of nitrogens with one attached hydrogen (secondary N) is 1. The van der Waals surface area contributed by atoms with Gasteiger partial charge in [0.15, 0.2) is 0 Å². The summed E-state index contributed by atoms with van der Waals surface area (Å²) in [7, 11) is 0. The van der Waals surface area contributed by atoms with Crippen molar-refractivity contribution in [2.24, 2.45) is 0 Å². The quantitative estimate of drug-likeness (QED) is 0.837. The van der Waals surface area contributed by atoms with Gasteiger partial charge < -0.3 is 5.32 Å². The molecular weight excluding hydrogens is 222 g/mol. The van der Waals surface area contributed by atoms with Crippen molar-refractivity contribution in [3.05, 3.63) is 38.2 Å². The Morgan fingerprint density at radius 1 is 1.38 bits per heavy atom. The minimum absolute atomic E-state index is 0.827. The largest absolute Gasteiger partial charge is 0.379 e. The molecule has 0 bridgehead atoms. The van der Waals surface area contributed by atoms with E-state index < -0.39 is 0 Å². The molecule has 1 nitrogen and oxygen atoms in total. The topological polar surface area (TPSA) is 12.0 Å². The molecule has 0 aromatic carbocycles. The highest BCUT2D eigenvalue weighted by atomic mass is 35.5. The maximum absolute atomic E-state index is 5.80. The lowest BCUT2D eigenvalue weighted by atomic mass is 10.4. The summed E-state index contributed by atoms with van der Waals surface area (Å²) in [6, 6.07) is 6.12. The van der Waals surface area contributed by atoms with Gasteiger partial charge in [0.05, 0.1) is 4.34 Å². The van der Waals surface area contributed by atoms with Crippen LogP contribution >= 0.6 is 34.3 Å². The fourth-order valence-corrected chi connectivity index (χ4v) is 2.49. The van der Waals surface area contributed by atoms with E-state index in [1.165, 1.54) is 4.88 Å². The van der Waals surface area contributed by atoms with Gasteiger partial charge in [-0.2, -0.15) is 0 Å². The first-order valence-corrected chi connectivity index (χ1v) is 5.98. The summed E-state index contributed by atoms with van der Waals surface area (Å²) in [4.78, 5) is 1.34. The molecule has 0 saturated carbocycles. The predicted molar refractivity (Wildman–Crippen MR) is 61.0 cm³/mol. The van der Waals surface area contributed by atoms with E-state index >= 15 is 0 Å². The first-order valence-electron chi connectivity index (χ1n) is 3.85. The van der Waals surface area contributed by atoms with Gasteiger partial charge in [-0.15, -0.1) is 22.7 Å². The predicted octanol–water partition coefficient (Wildman–Crippen LogP) is 4.08. The third-order valence-corrected chi connectivity index (χ3v) is 3.58. The number of halogens is 1. The van der Waals surface area contributed by atoms with Gasteiger partial charge in [0.25, 0.3) is 0 Å². The molecule has 13 heavy (non-hydrogen) atoms. The summed E-state index contributed by atoms with van der Waals surface area (Å²) in [5.41, 5.74) is 1.10. The smallest absolute Gasteiger partial charge is 0.0949 e. The average Bonchev–Trinajstić information content (AvgIpc) is 2.71. The Hall–Kier alpha value is -0.510. The van der Waals surface area contributed by atoms with E-state index in [0.29, 0.717) is 0 Å². The second kappa shape index (κ2) is 4.13. The van der Waals surface area contributed by atoms with Crippen molar-refractivity contribution in [3.63, 3.8) is 0 Å². The molecule has 2 aromatic rings. The Morgan fingerprint density at radius 2 is 2.31 bits per heavy atom. The molecule has 0 aliphatic rings. The molecular formula is C9H8ClNS2. The van der Waals surface area contributed by atoms with E-state index in [1.54, 1.807) is 22.7 Å². The zero-order chi connectivity index (χ0) is 9.10. The van der Waals surface area contributed by atoms with Crippen LogP contribution in [0.3, 0.4) is 0 Å². The molecule has 0 saturated heterocycles. The molecule has 0 radical (unpaired) electrons. The monoisotopic (exact) mass is 229 g/mol. The molecule has 2 aromatic heterocycles. The van der Waals surface area contributed by atoms with Gasteiger partial charge in [-0.3, -0.25) is 0 Å². The van der Waals surface area contributed by atoms with Crippen LogP contribution in [-0.4, -0.2) is 0 Å². The van der Waals surface area contributed by atoms with Crippen LogP contribution in [0.4, 0.5) is 5.69 Å². The summed E-state index contributed by atoms with van der Waals surface area (Å²) < 4.78 is 0.827. The summed E-state index contributed by atoms with van der Waals surface area (Å²) in [5, 5.41) is 7.41. The molecule has 68 valence electrons. The standard InChI is InChI=1S/C9H8ClNS2/c10-9-4-7(6-13-9)11-5-8-2-1-3-12-8/h1-4,6,11H,5H2. The first-order chi connectivity index (χ1) is 6.34. The van der Waals surface area contributed by atoms with E-state index in [4.69, 9.17) is 11.6 Å². The maximum Gasteiger partial charge on any atom is 0.0949 e. The third kappa shape index (κ3) is 2.46. The Bertz CT molecular complexity index is 367. The van der Waals surface area contributed by atoms with Gasteiger partial charge in [-0.1, -0.05) is 17.7 Å². The summed E-state index contributed by atoms with van der Waals surface area (Å²) in [5.74, 6) is 0.